The van der Waals surface area contributed by atoms with Crippen LogP contribution in [0.1, 0.15) is 32.6 Å². The summed E-state index contributed by atoms with van der Waals surface area (Å²) in [6, 6.07) is 15.2. The maximum Gasteiger partial charge on any atom is 0.335 e. The number of nitrogens with zero attached hydrogens (tertiary/aromatic N) is 2. The minimum Gasteiger partial charge on any atom is -0.497 e. The summed E-state index contributed by atoms with van der Waals surface area (Å²) in [5.74, 6) is -0.198. The maximum absolute atomic E-state index is 12.5. The van der Waals surface area contributed by atoms with E-state index in [1.807, 2.05) is 18.2 Å². The van der Waals surface area contributed by atoms with Crippen LogP contribution in [0, 0.1) is 0 Å². The smallest absolute Gasteiger partial charge is 0.335 e. The number of carbonyl (C=O) groups excluding carboxylic acids is 2. The minimum absolute atomic E-state index is 0.0566. The topological polar surface area (TPSA) is 118 Å². The second kappa shape index (κ2) is 10.0. The van der Waals surface area contributed by atoms with Crippen LogP contribution in [0.3, 0.4) is 0 Å². The molecule has 0 saturated heterocycles. The van der Waals surface area contributed by atoms with Gasteiger partial charge in [-0.05, 0) is 47.0 Å². The molecule has 3 aromatic rings. The Balaban J connectivity index is 1.36. The van der Waals surface area contributed by atoms with Gasteiger partial charge in [-0.2, -0.15) is 0 Å². The number of aromatic nitrogens is 1. The number of carboxylic acids is 1. The van der Waals surface area contributed by atoms with Crippen molar-refractivity contribution < 1.29 is 29.0 Å². The number of urea groups is 1. The number of fused-ring (bicyclic) bond motifs is 1. The van der Waals surface area contributed by atoms with Gasteiger partial charge in [-0.15, -0.1) is 0 Å². The number of aromatic carboxylic acids is 1. The predicted octanol–water partition coefficient (Wildman–Crippen LogP) is 3.62. The summed E-state index contributed by atoms with van der Waals surface area (Å²) >= 11 is 0. The minimum atomic E-state index is -1.00. The predicted molar refractivity (Wildman–Crippen MR) is 122 cm³/mol. The number of hydrogen-bond acceptors (Lipinski definition) is 6. The van der Waals surface area contributed by atoms with E-state index in [4.69, 9.17) is 14.6 Å². The number of nitrogens with one attached hydrogen (secondary N) is 1. The van der Waals surface area contributed by atoms with Crippen molar-refractivity contribution in [3.05, 3.63) is 88.6 Å². The first-order valence-electron chi connectivity index (χ1n) is 10.6. The number of hydrogen-bond donors (Lipinski definition) is 2. The summed E-state index contributed by atoms with van der Waals surface area (Å²) in [6.45, 7) is 0.772. The highest BCUT2D eigenvalue weighted by Gasteiger charge is 2.24. The maximum atomic E-state index is 12.5. The summed E-state index contributed by atoms with van der Waals surface area (Å²) in [7, 11) is 1.59. The lowest BCUT2D eigenvalue weighted by atomic mass is 10.1. The zero-order valence-electron chi connectivity index (χ0n) is 18.5. The Hall–Kier alpha value is -4.40. The number of carboxylic acid groups (broad SMARTS) is 1. The molecule has 9 nitrogen and oxygen atoms in total. The van der Waals surface area contributed by atoms with Gasteiger partial charge in [0.25, 0.3) is 0 Å². The molecule has 174 valence electrons. The van der Waals surface area contributed by atoms with Gasteiger partial charge in [0.2, 0.25) is 0 Å². The number of benzene rings is 2. The van der Waals surface area contributed by atoms with Crippen LogP contribution in [-0.4, -0.2) is 40.1 Å². The van der Waals surface area contributed by atoms with Crippen LogP contribution < -0.4 is 10.1 Å². The van der Waals surface area contributed by atoms with Gasteiger partial charge in [-0.3, -0.25) is 10.1 Å². The highest BCUT2D eigenvalue weighted by Crippen LogP contribution is 2.24. The average Bonchev–Trinajstić information content (AvgIpc) is 2.84. The van der Waals surface area contributed by atoms with Crippen molar-refractivity contribution >= 4 is 23.8 Å². The Morgan fingerprint density at radius 1 is 1.06 bits per heavy atom. The molecule has 0 atom stereocenters. The fourth-order valence-electron chi connectivity index (χ4n) is 3.55. The first-order chi connectivity index (χ1) is 16.4. The van der Waals surface area contributed by atoms with Gasteiger partial charge in [-0.25, -0.2) is 14.6 Å². The summed E-state index contributed by atoms with van der Waals surface area (Å²) in [4.78, 5) is 41.7. The molecule has 9 heteroatoms. The van der Waals surface area contributed by atoms with E-state index >= 15 is 0 Å². The Labute approximate surface area is 195 Å². The standard InChI is InChI=1S/C25H23N3O6/c1-33-21-8-4-17(5-9-21)15-34-22(29)11-18-10-20-14-28(25(32)27-23(20)26-12-18)13-16-2-6-19(7-3-16)24(30)31/h2-10,12H,11,13-15H2,1H3,(H,30,31)(H,26,27,32). The summed E-state index contributed by atoms with van der Waals surface area (Å²) < 4.78 is 10.5. The lowest BCUT2D eigenvalue weighted by Gasteiger charge is -2.29. The zero-order chi connectivity index (χ0) is 24.1. The van der Waals surface area contributed by atoms with E-state index < -0.39 is 5.97 Å². The second-order valence-electron chi connectivity index (χ2n) is 7.83. The number of anilines is 1. The number of ether oxygens (including phenoxy) is 2. The highest BCUT2D eigenvalue weighted by atomic mass is 16.5. The molecule has 2 aromatic carbocycles. The molecule has 0 saturated carbocycles. The third kappa shape index (κ3) is 5.50. The van der Waals surface area contributed by atoms with Crippen molar-refractivity contribution in [2.75, 3.05) is 12.4 Å². The third-order valence-corrected chi connectivity index (χ3v) is 5.38. The molecule has 0 unspecified atom stereocenters. The molecule has 0 aliphatic carbocycles. The Morgan fingerprint density at radius 2 is 1.76 bits per heavy atom. The molecular formula is C25H23N3O6. The molecular weight excluding hydrogens is 438 g/mol. The van der Waals surface area contributed by atoms with Crippen LogP contribution in [0.4, 0.5) is 10.6 Å². The quantitative estimate of drug-likeness (QED) is 0.492. The van der Waals surface area contributed by atoms with Gasteiger partial charge >= 0.3 is 18.0 Å². The van der Waals surface area contributed by atoms with Crippen LogP contribution >= 0.6 is 0 Å². The van der Waals surface area contributed by atoms with E-state index in [-0.39, 0.29) is 30.6 Å². The number of pyridine rings is 1. The molecule has 2 N–H and O–H groups in total. The second-order valence-corrected chi connectivity index (χ2v) is 7.83. The van der Waals surface area contributed by atoms with Crippen LogP contribution in [0.5, 0.6) is 5.75 Å². The highest BCUT2D eigenvalue weighted by molar-refractivity contribution is 5.91. The molecule has 0 bridgehead atoms. The number of carbonyl (C=O) groups is 3. The molecule has 1 aromatic heterocycles. The number of methoxy groups -OCH3 is 1. The van der Waals surface area contributed by atoms with Gasteiger partial charge in [0, 0.05) is 18.3 Å². The van der Waals surface area contributed by atoms with E-state index in [2.05, 4.69) is 10.3 Å². The lowest BCUT2D eigenvalue weighted by Crippen LogP contribution is -2.38. The Kier molecular flexibility index (Phi) is 6.72. The Bertz CT molecular complexity index is 1210. The van der Waals surface area contributed by atoms with E-state index in [1.54, 1.807) is 42.5 Å². The molecule has 0 radical (unpaired) electrons. The van der Waals surface area contributed by atoms with Crippen molar-refractivity contribution in [2.24, 2.45) is 0 Å². The van der Waals surface area contributed by atoms with Gasteiger partial charge in [-0.1, -0.05) is 24.3 Å². The summed E-state index contributed by atoms with van der Waals surface area (Å²) in [6.07, 6.45) is 1.61. The number of rotatable bonds is 8. The molecule has 0 spiro atoms. The molecule has 1 aliphatic rings. The fourth-order valence-corrected chi connectivity index (χ4v) is 3.55. The number of amides is 2. The van der Waals surface area contributed by atoms with Gasteiger partial charge in [0.15, 0.2) is 0 Å². The van der Waals surface area contributed by atoms with E-state index in [1.165, 1.54) is 12.1 Å². The fraction of sp³-hybridized carbons (Fsp3) is 0.200. The van der Waals surface area contributed by atoms with Crippen LogP contribution in [0.15, 0.2) is 60.8 Å². The third-order valence-electron chi connectivity index (χ3n) is 5.38. The largest absolute Gasteiger partial charge is 0.497 e. The molecule has 2 heterocycles. The first-order valence-corrected chi connectivity index (χ1v) is 10.6. The van der Waals surface area contributed by atoms with Crippen LogP contribution in [-0.2, 0) is 35.6 Å². The number of esters is 1. The van der Waals surface area contributed by atoms with Crippen molar-refractivity contribution in [2.45, 2.75) is 26.1 Å². The Morgan fingerprint density at radius 3 is 2.44 bits per heavy atom. The summed E-state index contributed by atoms with van der Waals surface area (Å²) in [5.41, 5.74) is 3.30. The van der Waals surface area contributed by atoms with Crippen LogP contribution in [0.25, 0.3) is 0 Å². The van der Waals surface area contributed by atoms with Crippen molar-refractivity contribution in [1.82, 2.24) is 9.88 Å². The van der Waals surface area contributed by atoms with Crippen LogP contribution in [0.2, 0.25) is 0 Å². The van der Waals surface area contributed by atoms with E-state index in [9.17, 15) is 14.4 Å². The zero-order valence-corrected chi connectivity index (χ0v) is 18.5. The molecule has 2 amide bonds. The van der Waals surface area contributed by atoms with E-state index in [0.29, 0.717) is 24.5 Å². The first kappa shape index (κ1) is 22.8. The lowest BCUT2D eigenvalue weighted by molar-refractivity contribution is -0.144. The van der Waals surface area contributed by atoms with Gasteiger partial charge < -0.3 is 19.5 Å². The monoisotopic (exact) mass is 461 g/mol. The SMILES string of the molecule is COc1ccc(COC(=O)Cc2cnc3c(c2)CN(Cc2ccc(C(=O)O)cc2)C(=O)N3)cc1. The molecule has 4 rings (SSSR count). The molecule has 34 heavy (non-hydrogen) atoms. The van der Waals surface area contributed by atoms with Gasteiger partial charge in [0.05, 0.1) is 25.6 Å². The van der Waals surface area contributed by atoms with Crippen molar-refractivity contribution in [1.29, 1.82) is 0 Å². The van der Waals surface area contributed by atoms with Crippen molar-refractivity contribution in [3.63, 3.8) is 0 Å². The van der Waals surface area contributed by atoms with E-state index in [0.717, 1.165) is 22.4 Å². The van der Waals surface area contributed by atoms with Gasteiger partial charge in [0.1, 0.15) is 18.2 Å². The average molecular weight is 461 g/mol. The summed E-state index contributed by atoms with van der Waals surface area (Å²) in [5, 5.41) is 11.8. The molecule has 0 fully saturated rings. The normalized spacial score (nSPS) is 12.5. The van der Waals surface area contributed by atoms with Crippen molar-refractivity contribution in [3.8, 4) is 5.75 Å². The molecule has 1 aliphatic heterocycles.